The van der Waals surface area contributed by atoms with Gasteiger partial charge in [-0.25, -0.2) is 14.4 Å². The zero-order valence-electron chi connectivity index (χ0n) is 23.5. The zero-order chi connectivity index (χ0) is 31.5. The Kier molecular flexibility index (Phi) is 8.59. The fourth-order valence-corrected chi connectivity index (χ4v) is 4.39. The minimum atomic E-state index is -0.959. The van der Waals surface area contributed by atoms with Crippen LogP contribution in [0.25, 0.3) is 0 Å². The summed E-state index contributed by atoms with van der Waals surface area (Å²) >= 11 is 0. The first-order valence-electron chi connectivity index (χ1n) is 13.1. The van der Waals surface area contributed by atoms with Gasteiger partial charge in [-0.3, -0.25) is 40.0 Å². The number of carbonyl (C=O) groups is 6. The summed E-state index contributed by atoms with van der Waals surface area (Å²) in [5, 5.41) is 18.3. The summed E-state index contributed by atoms with van der Waals surface area (Å²) in [6.07, 6.45) is -0.668. The number of nitrogens with zero attached hydrogens (tertiary/aromatic N) is 4. The molecule has 1 saturated heterocycles. The number of anilines is 3. The van der Waals surface area contributed by atoms with Crippen LogP contribution in [0.4, 0.5) is 37.1 Å². The molecule has 2 aliphatic rings. The highest BCUT2D eigenvalue weighted by molar-refractivity contribution is 6.52. The summed E-state index contributed by atoms with van der Waals surface area (Å²) in [5.41, 5.74) is -0.391. The van der Waals surface area contributed by atoms with Crippen LogP contribution in [0.15, 0.2) is 42.5 Å². The van der Waals surface area contributed by atoms with E-state index in [1.807, 2.05) is 0 Å². The summed E-state index contributed by atoms with van der Waals surface area (Å²) in [6, 6.07) is 8.14. The van der Waals surface area contributed by atoms with Crippen LogP contribution >= 0.6 is 0 Å². The Morgan fingerprint density at radius 1 is 0.930 bits per heavy atom. The van der Waals surface area contributed by atoms with Crippen LogP contribution in [0.5, 0.6) is 0 Å². The van der Waals surface area contributed by atoms with Crippen molar-refractivity contribution in [3.8, 4) is 0 Å². The van der Waals surface area contributed by atoms with Crippen molar-refractivity contribution >= 4 is 58.5 Å². The Morgan fingerprint density at radius 3 is 2.19 bits per heavy atom. The molecule has 16 heteroatoms. The van der Waals surface area contributed by atoms with Gasteiger partial charge in [-0.15, -0.1) is 0 Å². The molecule has 0 unspecified atom stereocenters. The molecule has 7 amide bonds. The van der Waals surface area contributed by atoms with Crippen molar-refractivity contribution in [3.63, 3.8) is 0 Å². The Labute approximate surface area is 245 Å². The van der Waals surface area contributed by atoms with Gasteiger partial charge in [0.05, 0.1) is 16.2 Å². The van der Waals surface area contributed by atoms with Crippen molar-refractivity contribution in [1.29, 1.82) is 0 Å². The first-order chi connectivity index (χ1) is 20.2. The van der Waals surface area contributed by atoms with Gasteiger partial charge in [0.2, 0.25) is 5.91 Å². The average molecular weight is 596 g/mol. The van der Waals surface area contributed by atoms with Gasteiger partial charge in [0.15, 0.2) is 0 Å². The number of nitrogens with one attached hydrogen (secondary N) is 3. The number of urea groups is 2. The number of non-ortho nitro benzene ring substituents is 1. The van der Waals surface area contributed by atoms with E-state index in [9.17, 15) is 38.9 Å². The largest absolute Gasteiger partial charge is 0.444 e. The highest BCUT2D eigenvalue weighted by Crippen LogP contribution is 2.32. The second-order valence-electron chi connectivity index (χ2n) is 10.6. The van der Waals surface area contributed by atoms with E-state index >= 15 is 0 Å². The van der Waals surface area contributed by atoms with E-state index in [1.54, 1.807) is 39.0 Å². The van der Waals surface area contributed by atoms with Crippen LogP contribution in [-0.2, 0) is 14.3 Å². The Hall–Kier alpha value is -5.54. The number of ketones is 1. The second-order valence-corrected chi connectivity index (χ2v) is 10.6. The van der Waals surface area contributed by atoms with Crippen molar-refractivity contribution in [2.45, 2.75) is 26.4 Å². The van der Waals surface area contributed by atoms with Gasteiger partial charge < -0.3 is 19.9 Å². The number of hydrogen-bond donors (Lipinski definition) is 3. The number of Topliss-reactive ketones (excluding diaryl/α,β-unsaturated/α-hetero) is 1. The molecule has 0 saturated carbocycles. The number of nitro groups is 1. The van der Waals surface area contributed by atoms with E-state index in [2.05, 4.69) is 16.0 Å². The van der Waals surface area contributed by atoms with Crippen LogP contribution in [0.1, 0.15) is 31.1 Å². The van der Waals surface area contributed by atoms with E-state index in [-0.39, 0.29) is 43.1 Å². The summed E-state index contributed by atoms with van der Waals surface area (Å²) < 4.78 is 5.20. The molecule has 16 nitrogen and oxygen atoms in total. The molecule has 0 spiro atoms. The van der Waals surface area contributed by atoms with E-state index in [1.165, 1.54) is 21.9 Å². The lowest BCUT2D eigenvalue weighted by Crippen LogP contribution is -2.55. The van der Waals surface area contributed by atoms with E-state index in [0.29, 0.717) is 11.4 Å². The first kappa shape index (κ1) is 30.4. The van der Waals surface area contributed by atoms with Crippen molar-refractivity contribution in [1.82, 2.24) is 15.1 Å². The predicted octanol–water partition coefficient (Wildman–Crippen LogP) is 2.56. The molecule has 0 aliphatic carbocycles. The first-order valence-corrected chi connectivity index (χ1v) is 13.1. The molecule has 0 aromatic heterocycles. The van der Waals surface area contributed by atoms with Gasteiger partial charge in [-0.2, -0.15) is 0 Å². The van der Waals surface area contributed by atoms with E-state index in [0.717, 1.165) is 17.0 Å². The highest BCUT2D eigenvalue weighted by Gasteiger charge is 2.39. The standard InChI is InChI=1S/C27H29N7O9/c1-27(2,3)43-26(40)29-17-6-4-5-16(13-17)28-24(38)30-25(39)32-11-9-31(10-12-32)21(35)15-33-20-8-7-18(34(41)42)14-19(20)22(36)23(33)37/h4-8,13-14H,9-12,15H2,1-3H3,(H,29,40)(H2,28,30,38,39). The molecule has 2 heterocycles. The topological polar surface area (TPSA) is 201 Å². The van der Waals surface area contributed by atoms with Crippen LogP contribution in [0, 0.1) is 10.1 Å². The third-order valence-corrected chi connectivity index (χ3v) is 6.36. The van der Waals surface area contributed by atoms with Crippen LogP contribution in [-0.4, -0.2) is 88.8 Å². The fraction of sp³-hybridized carbons (Fsp3) is 0.333. The van der Waals surface area contributed by atoms with Crippen molar-refractivity contribution in [2.75, 3.05) is 48.3 Å². The predicted molar refractivity (Wildman–Crippen MR) is 152 cm³/mol. The van der Waals surface area contributed by atoms with Crippen LogP contribution in [0.3, 0.4) is 0 Å². The van der Waals surface area contributed by atoms with Crippen LogP contribution in [0.2, 0.25) is 0 Å². The Balaban J connectivity index is 1.26. The number of amides is 7. The molecular weight excluding hydrogens is 566 g/mol. The summed E-state index contributed by atoms with van der Waals surface area (Å²) in [7, 11) is 0. The summed E-state index contributed by atoms with van der Waals surface area (Å²) in [4.78, 5) is 88.8. The molecule has 226 valence electrons. The van der Waals surface area contributed by atoms with Gasteiger partial charge in [0.25, 0.3) is 17.4 Å². The third-order valence-electron chi connectivity index (χ3n) is 6.36. The molecule has 3 N–H and O–H groups in total. The maximum Gasteiger partial charge on any atom is 0.412 e. The monoisotopic (exact) mass is 595 g/mol. The quantitative estimate of drug-likeness (QED) is 0.264. The lowest BCUT2D eigenvalue weighted by molar-refractivity contribution is -0.384. The van der Waals surface area contributed by atoms with Gasteiger partial charge >= 0.3 is 18.2 Å². The third kappa shape index (κ3) is 7.41. The smallest absolute Gasteiger partial charge is 0.412 e. The minimum absolute atomic E-state index is 0.0931. The average Bonchev–Trinajstić information content (AvgIpc) is 3.16. The van der Waals surface area contributed by atoms with E-state index < -0.39 is 52.8 Å². The highest BCUT2D eigenvalue weighted by atomic mass is 16.6. The molecule has 0 atom stereocenters. The molecule has 1 fully saturated rings. The van der Waals surface area contributed by atoms with Crippen molar-refractivity contribution in [3.05, 3.63) is 58.1 Å². The number of hydrogen-bond acceptors (Lipinski definition) is 9. The van der Waals surface area contributed by atoms with Crippen LogP contribution < -0.4 is 20.9 Å². The maximum absolute atomic E-state index is 12.9. The molecular formula is C27H29N7O9. The molecule has 2 aromatic carbocycles. The zero-order valence-corrected chi connectivity index (χ0v) is 23.5. The molecule has 2 aliphatic heterocycles. The molecule has 43 heavy (non-hydrogen) atoms. The fourth-order valence-electron chi connectivity index (χ4n) is 4.39. The van der Waals surface area contributed by atoms with Gasteiger partial charge in [0, 0.05) is 49.7 Å². The molecule has 2 aromatic rings. The Bertz CT molecular complexity index is 1510. The SMILES string of the molecule is CC(C)(C)OC(=O)Nc1cccc(NC(=O)NC(=O)N2CCN(C(=O)CN3C(=O)C(=O)c4cc([N+](=O)[O-])ccc43)CC2)c1. The minimum Gasteiger partial charge on any atom is -0.444 e. The van der Waals surface area contributed by atoms with Gasteiger partial charge in [0.1, 0.15) is 12.1 Å². The number of nitro benzene ring substituents is 1. The number of benzene rings is 2. The van der Waals surface area contributed by atoms with Gasteiger partial charge in [-0.1, -0.05) is 6.07 Å². The molecule has 0 bridgehead atoms. The van der Waals surface area contributed by atoms with Gasteiger partial charge in [-0.05, 0) is 45.0 Å². The number of carbonyl (C=O) groups excluding carboxylic acids is 6. The summed E-state index contributed by atoms with van der Waals surface area (Å²) in [5.74, 6) is -2.37. The lowest BCUT2D eigenvalue weighted by Gasteiger charge is -2.35. The number of ether oxygens (including phenoxy) is 1. The Morgan fingerprint density at radius 2 is 1.56 bits per heavy atom. The van der Waals surface area contributed by atoms with Crippen molar-refractivity contribution in [2.24, 2.45) is 0 Å². The number of imide groups is 1. The number of piperazine rings is 1. The molecule has 0 radical (unpaired) electrons. The maximum atomic E-state index is 12.9. The number of rotatable bonds is 5. The van der Waals surface area contributed by atoms with E-state index in [4.69, 9.17) is 4.74 Å². The van der Waals surface area contributed by atoms with Crippen molar-refractivity contribution < 1.29 is 38.4 Å². The lowest BCUT2D eigenvalue weighted by atomic mass is 10.1. The number of fused-ring (bicyclic) bond motifs is 1. The molecule has 4 rings (SSSR count). The summed E-state index contributed by atoms with van der Waals surface area (Å²) in [6.45, 7) is 5.12. The second kappa shape index (κ2) is 12.1. The normalized spacial score (nSPS) is 14.6.